The number of para-hydroxylation sites is 1. The fraction of sp³-hybridized carbons (Fsp3) is 0.375. The highest BCUT2D eigenvalue weighted by atomic mass is 19.3. The van der Waals surface area contributed by atoms with Crippen molar-refractivity contribution in [2.45, 2.75) is 33.0 Å². The van der Waals surface area contributed by atoms with Gasteiger partial charge in [0.2, 0.25) is 5.91 Å². The van der Waals surface area contributed by atoms with E-state index in [2.05, 4.69) is 10.1 Å². The molecule has 126 valence electrons. The Kier molecular flexibility index (Phi) is 6.68. The third kappa shape index (κ3) is 7.94. The number of benzene rings is 1. The summed E-state index contributed by atoms with van der Waals surface area (Å²) in [6.07, 6.45) is 2.44. The van der Waals surface area contributed by atoms with Crippen molar-refractivity contribution in [2.24, 2.45) is 0 Å². The van der Waals surface area contributed by atoms with Gasteiger partial charge in [-0.2, -0.15) is 8.78 Å². The van der Waals surface area contributed by atoms with Crippen molar-refractivity contribution in [2.75, 3.05) is 6.54 Å². The van der Waals surface area contributed by atoms with E-state index in [1.54, 1.807) is 26.8 Å². The van der Waals surface area contributed by atoms with E-state index >= 15 is 0 Å². The highest BCUT2D eigenvalue weighted by molar-refractivity contribution is 5.93. The van der Waals surface area contributed by atoms with E-state index in [-0.39, 0.29) is 12.3 Å². The van der Waals surface area contributed by atoms with Gasteiger partial charge in [0.15, 0.2) is 0 Å². The van der Waals surface area contributed by atoms with Gasteiger partial charge in [0.1, 0.15) is 17.9 Å². The molecule has 0 saturated carbocycles. The first-order valence-corrected chi connectivity index (χ1v) is 6.89. The van der Waals surface area contributed by atoms with Crippen molar-refractivity contribution in [3.8, 4) is 5.75 Å². The second kappa shape index (κ2) is 8.26. The van der Waals surface area contributed by atoms with Crippen LogP contribution in [0.15, 0.2) is 30.3 Å². The van der Waals surface area contributed by atoms with Crippen LogP contribution in [-0.2, 0) is 14.3 Å². The zero-order valence-electron chi connectivity index (χ0n) is 13.1. The summed E-state index contributed by atoms with van der Waals surface area (Å²) in [6, 6.07) is 6.05. The molecule has 0 bridgehead atoms. The highest BCUT2D eigenvalue weighted by Crippen LogP contribution is 2.21. The van der Waals surface area contributed by atoms with Crippen LogP contribution in [0.2, 0.25) is 0 Å². The lowest BCUT2D eigenvalue weighted by atomic mass is 10.2. The van der Waals surface area contributed by atoms with Gasteiger partial charge in [0, 0.05) is 11.6 Å². The number of hydrogen-bond acceptors (Lipinski definition) is 4. The molecule has 0 aromatic heterocycles. The van der Waals surface area contributed by atoms with Crippen LogP contribution in [-0.4, -0.2) is 30.6 Å². The lowest BCUT2D eigenvalue weighted by molar-refractivity contribution is -0.154. The summed E-state index contributed by atoms with van der Waals surface area (Å²) in [5, 5.41) is 2.35. The molecular formula is C16H19F2NO4. The quantitative estimate of drug-likeness (QED) is 0.644. The maximum absolute atomic E-state index is 12.3. The molecule has 1 N–H and O–H groups in total. The minimum atomic E-state index is -2.95. The Morgan fingerprint density at radius 3 is 2.52 bits per heavy atom. The second-order valence-electron chi connectivity index (χ2n) is 5.55. The molecule has 0 spiro atoms. The molecule has 5 nitrogen and oxygen atoms in total. The van der Waals surface area contributed by atoms with Gasteiger partial charge < -0.3 is 14.8 Å². The van der Waals surface area contributed by atoms with Gasteiger partial charge in [-0.3, -0.25) is 9.59 Å². The van der Waals surface area contributed by atoms with E-state index in [1.165, 1.54) is 24.3 Å². The number of amides is 1. The van der Waals surface area contributed by atoms with Crippen LogP contribution in [0.5, 0.6) is 5.75 Å². The maximum Gasteiger partial charge on any atom is 0.387 e. The average molecular weight is 327 g/mol. The second-order valence-corrected chi connectivity index (χ2v) is 5.55. The predicted octanol–water partition coefficient (Wildman–Crippen LogP) is 2.76. The molecule has 1 aromatic rings. The van der Waals surface area contributed by atoms with Crippen LogP contribution >= 0.6 is 0 Å². The number of rotatable bonds is 6. The van der Waals surface area contributed by atoms with Crippen LogP contribution in [0.25, 0.3) is 6.08 Å². The van der Waals surface area contributed by atoms with Crippen LogP contribution in [0.4, 0.5) is 8.78 Å². The molecule has 0 heterocycles. The lowest BCUT2D eigenvalue weighted by Gasteiger charge is -2.19. The molecular weight excluding hydrogens is 308 g/mol. The fourth-order valence-electron chi connectivity index (χ4n) is 1.58. The molecule has 0 aliphatic heterocycles. The van der Waals surface area contributed by atoms with Crippen LogP contribution in [0, 0.1) is 0 Å². The van der Waals surface area contributed by atoms with Crippen molar-refractivity contribution in [1.29, 1.82) is 0 Å². The number of nitrogens with one attached hydrogen (secondary N) is 1. The summed E-state index contributed by atoms with van der Waals surface area (Å²) in [4.78, 5) is 23.1. The third-order valence-electron chi connectivity index (χ3n) is 2.38. The number of alkyl halides is 2. The van der Waals surface area contributed by atoms with E-state index in [1.807, 2.05) is 0 Å². The minimum Gasteiger partial charge on any atom is -0.459 e. The number of hydrogen-bond donors (Lipinski definition) is 1. The van der Waals surface area contributed by atoms with Gasteiger partial charge in [-0.15, -0.1) is 0 Å². The van der Waals surface area contributed by atoms with Gasteiger partial charge in [-0.1, -0.05) is 18.2 Å². The zero-order chi connectivity index (χ0) is 17.5. The average Bonchev–Trinajstić information content (AvgIpc) is 2.41. The zero-order valence-corrected chi connectivity index (χ0v) is 13.1. The number of halogens is 2. The minimum absolute atomic E-state index is 0.0429. The van der Waals surface area contributed by atoms with E-state index in [9.17, 15) is 18.4 Å². The summed E-state index contributed by atoms with van der Waals surface area (Å²) in [6.45, 7) is 1.91. The topological polar surface area (TPSA) is 64.6 Å². The van der Waals surface area contributed by atoms with Crippen molar-refractivity contribution in [1.82, 2.24) is 5.32 Å². The lowest BCUT2D eigenvalue weighted by Crippen LogP contribution is -2.33. The van der Waals surface area contributed by atoms with E-state index < -0.39 is 24.1 Å². The smallest absolute Gasteiger partial charge is 0.387 e. The molecule has 23 heavy (non-hydrogen) atoms. The predicted molar refractivity (Wildman–Crippen MR) is 81.0 cm³/mol. The van der Waals surface area contributed by atoms with Crippen LogP contribution in [0.1, 0.15) is 26.3 Å². The first-order valence-electron chi connectivity index (χ1n) is 6.89. The molecule has 0 atom stereocenters. The van der Waals surface area contributed by atoms with Crippen molar-refractivity contribution in [3.63, 3.8) is 0 Å². The number of carbonyl (C=O) groups excluding carboxylic acids is 2. The summed E-state index contributed by atoms with van der Waals surface area (Å²) >= 11 is 0. The van der Waals surface area contributed by atoms with Crippen LogP contribution in [0.3, 0.4) is 0 Å². The largest absolute Gasteiger partial charge is 0.459 e. The number of ether oxygens (including phenoxy) is 2. The molecule has 0 aliphatic carbocycles. The van der Waals surface area contributed by atoms with Crippen molar-refractivity contribution >= 4 is 18.0 Å². The SMILES string of the molecule is CC(C)(C)OC(=O)CNC(=O)/C=C/c1ccccc1OC(F)F. The van der Waals surface area contributed by atoms with E-state index in [0.717, 1.165) is 6.08 Å². The molecule has 0 radical (unpaired) electrons. The Hall–Kier alpha value is -2.44. The van der Waals surface area contributed by atoms with E-state index in [0.29, 0.717) is 5.56 Å². The van der Waals surface area contributed by atoms with Gasteiger partial charge in [0.25, 0.3) is 0 Å². The fourth-order valence-corrected chi connectivity index (χ4v) is 1.58. The molecule has 0 aliphatic rings. The first-order chi connectivity index (χ1) is 10.7. The Labute approximate surface area is 133 Å². The number of carbonyl (C=O) groups is 2. The van der Waals surface area contributed by atoms with Gasteiger partial charge in [0.05, 0.1) is 0 Å². The maximum atomic E-state index is 12.3. The van der Waals surface area contributed by atoms with Crippen molar-refractivity contribution < 1.29 is 27.8 Å². The van der Waals surface area contributed by atoms with E-state index in [4.69, 9.17) is 4.74 Å². The summed E-state index contributed by atoms with van der Waals surface area (Å²) in [7, 11) is 0. The Bertz CT molecular complexity index is 580. The molecule has 1 aromatic carbocycles. The standard InChI is InChI=1S/C16H19F2NO4/c1-16(2,3)23-14(21)10-19-13(20)9-8-11-6-4-5-7-12(11)22-15(17)18/h4-9,15H,10H2,1-3H3,(H,19,20)/b9-8+. The molecule has 1 amide bonds. The molecule has 0 fully saturated rings. The normalized spacial score (nSPS) is 11.6. The summed E-state index contributed by atoms with van der Waals surface area (Å²) in [5.74, 6) is -1.16. The molecule has 7 heteroatoms. The molecule has 0 unspecified atom stereocenters. The summed E-state index contributed by atoms with van der Waals surface area (Å²) in [5.41, 5.74) is -0.316. The van der Waals surface area contributed by atoms with Crippen molar-refractivity contribution in [3.05, 3.63) is 35.9 Å². The Balaban J connectivity index is 2.57. The Morgan fingerprint density at radius 2 is 1.91 bits per heavy atom. The monoisotopic (exact) mass is 327 g/mol. The summed E-state index contributed by atoms with van der Waals surface area (Å²) < 4.78 is 33.9. The third-order valence-corrected chi connectivity index (χ3v) is 2.38. The highest BCUT2D eigenvalue weighted by Gasteiger charge is 2.16. The molecule has 0 saturated heterocycles. The van der Waals surface area contributed by atoms with Gasteiger partial charge in [-0.05, 0) is 32.9 Å². The van der Waals surface area contributed by atoms with Gasteiger partial charge in [-0.25, -0.2) is 0 Å². The van der Waals surface area contributed by atoms with Crippen LogP contribution < -0.4 is 10.1 Å². The molecule has 1 rings (SSSR count). The van der Waals surface area contributed by atoms with Gasteiger partial charge >= 0.3 is 12.6 Å². The number of esters is 1. The first kappa shape index (κ1) is 18.6. The Morgan fingerprint density at radius 1 is 1.26 bits per heavy atom.